The smallest absolute Gasteiger partial charge is 0.0825 e. The number of methoxy groups -OCH3 is 1. The van der Waals surface area contributed by atoms with E-state index in [0.29, 0.717) is 6.04 Å². The first-order chi connectivity index (χ1) is 8.06. The number of rotatable bonds is 10. The molecule has 0 aromatic carbocycles. The van der Waals surface area contributed by atoms with Crippen molar-refractivity contribution in [2.45, 2.75) is 78.4 Å². The van der Waals surface area contributed by atoms with Crippen molar-refractivity contribution >= 4 is 0 Å². The summed E-state index contributed by atoms with van der Waals surface area (Å²) in [5, 5.41) is 3.63. The zero-order chi connectivity index (χ0) is 13.3. The van der Waals surface area contributed by atoms with Gasteiger partial charge in [-0.2, -0.15) is 0 Å². The molecule has 0 radical (unpaired) electrons. The van der Waals surface area contributed by atoms with Gasteiger partial charge < -0.3 is 10.1 Å². The monoisotopic (exact) mass is 243 g/mol. The minimum atomic E-state index is 0.0208. The Labute approximate surface area is 109 Å². The Bertz CT molecular complexity index is 167. The van der Waals surface area contributed by atoms with Crippen molar-refractivity contribution in [3.8, 4) is 0 Å². The van der Waals surface area contributed by atoms with Crippen molar-refractivity contribution < 1.29 is 4.74 Å². The molecule has 0 fully saturated rings. The Morgan fingerprint density at radius 1 is 1.06 bits per heavy atom. The predicted molar refractivity (Wildman–Crippen MR) is 76.5 cm³/mol. The van der Waals surface area contributed by atoms with Crippen LogP contribution >= 0.6 is 0 Å². The summed E-state index contributed by atoms with van der Waals surface area (Å²) < 4.78 is 5.85. The summed E-state index contributed by atoms with van der Waals surface area (Å²) in [6, 6.07) is 0.492. The molecule has 2 heteroatoms. The average molecular weight is 243 g/mol. The van der Waals surface area contributed by atoms with Gasteiger partial charge in [-0.15, -0.1) is 0 Å². The molecule has 0 amide bonds. The Balaban J connectivity index is 4.45. The van der Waals surface area contributed by atoms with Crippen molar-refractivity contribution in [3.63, 3.8) is 0 Å². The number of hydrogen-bond donors (Lipinski definition) is 1. The van der Waals surface area contributed by atoms with Crippen molar-refractivity contribution in [3.05, 3.63) is 0 Å². The predicted octanol–water partition coefficient (Wildman–Crippen LogP) is 4.00. The summed E-state index contributed by atoms with van der Waals surface area (Å²) in [5.41, 5.74) is 0.0208. The van der Waals surface area contributed by atoms with E-state index in [2.05, 4.69) is 39.9 Å². The lowest BCUT2D eigenvalue weighted by atomic mass is 9.84. The molecule has 0 saturated heterocycles. The van der Waals surface area contributed by atoms with Crippen LogP contribution in [0.15, 0.2) is 0 Å². The molecule has 0 rings (SSSR count). The first kappa shape index (κ1) is 16.9. The van der Waals surface area contributed by atoms with Crippen LogP contribution in [0.2, 0.25) is 0 Å². The van der Waals surface area contributed by atoms with Crippen molar-refractivity contribution in [2.24, 2.45) is 5.92 Å². The van der Waals surface area contributed by atoms with Gasteiger partial charge in [-0.25, -0.2) is 0 Å². The second kappa shape index (κ2) is 8.93. The molecule has 0 aromatic rings. The quantitative estimate of drug-likeness (QED) is 0.626. The molecule has 0 aliphatic carbocycles. The summed E-state index contributed by atoms with van der Waals surface area (Å²) in [5.74, 6) is 0.803. The topological polar surface area (TPSA) is 21.3 Å². The molecule has 0 aliphatic heterocycles. The van der Waals surface area contributed by atoms with E-state index in [4.69, 9.17) is 4.74 Å². The highest BCUT2D eigenvalue weighted by atomic mass is 16.5. The lowest BCUT2D eigenvalue weighted by molar-refractivity contribution is -0.0496. The van der Waals surface area contributed by atoms with Gasteiger partial charge in [-0.3, -0.25) is 0 Å². The molecule has 1 atom stereocenters. The van der Waals surface area contributed by atoms with E-state index < -0.39 is 0 Å². The largest absolute Gasteiger partial charge is 0.377 e. The van der Waals surface area contributed by atoms with Crippen molar-refractivity contribution in [2.75, 3.05) is 13.7 Å². The van der Waals surface area contributed by atoms with E-state index in [-0.39, 0.29) is 5.60 Å². The van der Waals surface area contributed by atoms with Crippen LogP contribution in [0.5, 0.6) is 0 Å². The number of likely N-dealkylation sites (N-methyl/N-ethyl adjacent to an activating group) is 1. The molecule has 0 aromatic heterocycles. The maximum atomic E-state index is 5.85. The van der Waals surface area contributed by atoms with Gasteiger partial charge in [0.25, 0.3) is 0 Å². The fourth-order valence-corrected chi connectivity index (χ4v) is 2.70. The van der Waals surface area contributed by atoms with Gasteiger partial charge in [0, 0.05) is 13.2 Å². The van der Waals surface area contributed by atoms with Gasteiger partial charge >= 0.3 is 0 Å². The van der Waals surface area contributed by atoms with Crippen LogP contribution in [0.25, 0.3) is 0 Å². The zero-order valence-electron chi connectivity index (χ0n) is 12.8. The van der Waals surface area contributed by atoms with E-state index in [1.165, 1.54) is 19.3 Å². The minimum Gasteiger partial charge on any atom is -0.377 e. The summed E-state index contributed by atoms with van der Waals surface area (Å²) in [6.45, 7) is 12.3. The maximum absolute atomic E-state index is 5.85. The van der Waals surface area contributed by atoms with Crippen LogP contribution < -0.4 is 5.32 Å². The molecule has 1 N–H and O–H groups in total. The van der Waals surface area contributed by atoms with Crippen molar-refractivity contribution in [1.29, 1.82) is 0 Å². The Hall–Kier alpha value is -0.0800. The summed E-state index contributed by atoms with van der Waals surface area (Å²) in [7, 11) is 1.86. The SMILES string of the molecule is CCNC(CCCC(C)C)C(CC)(CC)OC. The third kappa shape index (κ3) is 5.39. The zero-order valence-corrected chi connectivity index (χ0v) is 12.8. The maximum Gasteiger partial charge on any atom is 0.0825 e. The second-order valence-corrected chi connectivity index (χ2v) is 5.41. The Morgan fingerprint density at radius 2 is 1.65 bits per heavy atom. The van der Waals surface area contributed by atoms with E-state index in [0.717, 1.165) is 25.3 Å². The molecular formula is C15H33NO. The number of nitrogens with one attached hydrogen (secondary N) is 1. The van der Waals surface area contributed by atoms with Gasteiger partial charge in [0.1, 0.15) is 0 Å². The lowest BCUT2D eigenvalue weighted by Gasteiger charge is -2.39. The first-order valence-electron chi connectivity index (χ1n) is 7.34. The van der Waals surface area contributed by atoms with E-state index in [9.17, 15) is 0 Å². The average Bonchev–Trinajstić information content (AvgIpc) is 2.31. The highest BCUT2D eigenvalue weighted by Crippen LogP contribution is 2.27. The standard InChI is InChI=1S/C15H33NO/c1-7-15(8-2,17-6)14(16-9-3)12-10-11-13(4)5/h13-14,16H,7-12H2,1-6H3. The normalized spacial score (nSPS) is 14.3. The summed E-state index contributed by atoms with van der Waals surface area (Å²) >= 11 is 0. The van der Waals surface area contributed by atoms with Crippen LogP contribution in [0, 0.1) is 5.92 Å². The molecule has 1 unspecified atom stereocenters. The van der Waals surface area contributed by atoms with Gasteiger partial charge in [0.15, 0.2) is 0 Å². The first-order valence-corrected chi connectivity index (χ1v) is 7.34. The molecule has 0 saturated carbocycles. The molecule has 2 nitrogen and oxygen atoms in total. The van der Waals surface area contributed by atoms with Crippen LogP contribution in [0.3, 0.4) is 0 Å². The van der Waals surface area contributed by atoms with E-state index >= 15 is 0 Å². The lowest BCUT2D eigenvalue weighted by Crippen LogP contribution is -2.51. The third-order valence-electron chi connectivity index (χ3n) is 3.96. The second-order valence-electron chi connectivity index (χ2n) is 5.41. The fraction of sp³-hybridized carbons (Fsp3) is 1.00. The summed E-state index contributed by atoms with van der Waals surface area (Å²) in [6.07, 6.45) is 6.00. The van der Waals surface area contributed by atoms with Gasteiger partial charge in [-0.1, -0.05) is 47.5 Å². The highest BCUT2D eigenvalue weighted by molar-refractivity contribution is 4.91. The van der Waals surface area contributed by atoms with Crippen LogP contribution in [-0.2, 0) is 4.74 Å². The van der Waals surface area contributed by atoms with Crippen molar-refractivity contribution in [1.82, 2.24) is 5.32 Å². The van der Waals surface area contributed by atoms with Gasteiger partial charge in [0.05, 0.1) is 5.60 Å². The minimum absolute atomic E-state index is 0.0208. The molecule has 104 valence electrons. The molecule has 0 spiro atoms. The number of hydrogen-bond acceptors (Lipinski definition) is 2. The molecule has 0 aliphatic rings. The van der Waals surface area contributed by atoms with Crippen LogP contribution in [-0.4, -0.2) is 25.3 Å². The molecule has 17 heavy (non-hydrogen) atoms. The van der Waals surface area contributed by atoms with Gasteiger partial charge in [0.2, 0.25) is 0 Å². The molecule has 0 heterocycles. The molecular weight excluding hydrogens is 210 g/mol. The summed E-state index contributed by atoms with van der Waals surface area (Å²) in [4.78, 5) is 0. The fourth-order valence-electron chi connectivity index (χ4n) is 2.70. The van der Waals surface area contributed by atoms with Gasteiger partial charge in [-0.05, 0) is 31.7 Å². The van der Waals surface area contributed by atoms with Crippen LogP contribution in [0.4, 0.5) is 0 Å². The van der Waals surface area contributed by atoms with E-state index in [1.807, 2.05) is 7.11 Å². The van der Waals surface area contributed by atoms with Crippen LogP contribution in [0.1, 0.15) is 66.7 Å². The Morgan fingerprint density at radius 3 is 2.00 bits per heavy atom. The molecule has 0 bridgehead atoms. The third-order valence-corrected chi connectivity index (χ3v) is 3.96. The highest BCUT2D eigenvalue weighted by Gasteiger charge is 2.34. The Kier molecular flexibility index (Phi) is 8.89. The van der Waals surface area contributed by atoms with E-state index in [1.54, 1.807) is 0 Å². The number of ether oxygens (including phenoxy) is 1.